The Morgan fingerprint density at radius 2 is 1.95 bits per heavy atom. The van der Waals surface area contributed by atoms with Crippen molar-refractivity contribution in [2.45, 2.75) is 19.5 Å². The van der Waals surface area contributed by atoms with Gasteiger partial charge in [0.25, 0.3) is 0 Å². The van der Waals surface area contributed by atoms with E-state index in [1.54, 1.807) is 12.0 Å². The standard InChI is InChI=1S/C14H19N3O2/c1-16-4-3-5-17(14(16)18)12-6-10-8-15-9-11(10)7-13(12)19-2/h6-7,15H,3-5,8-9H2,1-2H3. The van der Waals surface area contributed by atoms with Crippen molar-refractivity contribution in [2.24, 2.45) is 0 Å². The van der Waals surface area contributed by atoms with E-state index in [9.17, 15) is 4.79 Å². The molecule has 2 heterocycles. The Bertz CT molecular complexity index is 516. The first-order valence-electron chi connectivity index (χ1n) is 6.64. The first-order chi connectivity index (χ1) is 9.20. The van der Waals surface area contributed by atoms with E-state index >= 15 is 0 Å². The Balaban J connectivity index is 2.01. The fourth-order valence-electron chi connectivity index (χ4n) is 2.78. The quantitative estimate of drug-likeness (QED) is 0.878. The largest absolute Gasteiger partial charge is 0.495 e. The van der Waals surface area contributed by atoms with Crippen LogP contribution in [0.1, 0.15) is 17.5 Å². The highest BCUT2D eigenvalue weighted by Crippen LogP contribution is 2.35. The van der Waals surface area contributed by atoms with E-state index in [0.29, 0.717) is 0 Å². The van der Waals surface area contributed by atoms with E-state index in [0.717, 1.165) is 44.0 Å². The van der Waals surface area contributed by atoms with E-state index in [2.05, 4.69) is 11.4 Å². The fourth-order valence-corrected chi connectivity index (χ4v) is 2.78. The minimum absolute atomic E-state index is 0.0513. The molecular weight excluding hydrogens is 242 g/mol. The van der Waals surface area contributed by atoms with Crippen molar-refractivity contribution >= 4 is 11.7 Å². The van der Waals surface area contributed by atoms with Gasteiger partial charge in [0.05, 0.1) is 12.8 Å². The van der Waals surface area contributed by atoms with Crippen molar-refractivity contribution < 1.29 is 9.53 Å². The molecule has 0 aromatic heterocycles. The molecule has 0 saturated carbocycles. The van der Waals surface area contributed by atoms with Crippen LogP contribution in [0.2, 0.25) is 0 Å². The van der Waals surface area contributed by atoms with Crippen molar-refractivity contribution in [1.29, 1.82) is 0 Å². The molecule has 0 bridgehead atoms. The molecule has 0 aliphatic carbocycles. The van der Waals surface area contributed by atoms with E-state index < -0.39 is 0 Å². The minimum atomic E-state index is 0.0513. The number of benzene rings is 1. The van der Waals surface area contributed by atoms with Crippen molar-refractivity contribution in [3.63, 3.8) is 0 Å². The lowest BCUT2D eigenvalue weighted by atomic mass is 10.1. The van der Waals surface area contributed by atoms with Crippen LogP contribution in [0.15, 0.2) is 12.1 Å². The predicted octanol–water partition coefficient (Wildman–Crippen LogP) is 1.56. The average Bonchev–Trinajstić information content (AvgIpc) is 2.87. The minimum Gasteiger partial charge on any atom is -0.495 e. The zero-order valence-electron chi connectivity index (χ0n) is 11.4. The van der Waals surface area contributed by atoms with Crippen LogP contribution in [0, 0.1) is 0 Å². The fraction of sp³-hybridized carbons (Fsp3) is 0.500. The van der Waals surface area contributed by atoms with Crippen molar-refractivity contribution in [3.05, 3.63) is 23.3 Å². The van der Waals surface area contributed by atoms with Crippen molar-refractivity contribution in [2.75, 3.05) is 32.1 Å². The maximum absolute atomic E-state index is 12.3. The molecule has 0 spiro atoms. The van der Waals surface area contributed by atoms with E-state index in [1.807, 2.05) is 18.0 Å². The molecule has 1 aromatic carbocycles. The molecule has 0 radical (unpaired) electrons. The van der Waals surface area contributed by atoms with Crippen LogP contribution in [-0.4, -0.2) is 38.2 Å². The first-order valence-corrected chi connectivity index (χ1v) is 6.64. The number of anilines is 1. The van der Waals surface area contributed by atoms with Gasteiger partial charge in [-0.2, -0.15) is 0 Å². The second-order valence-corrected chi connectivity index (χ2v) is 5.11. The summed E-state index contributed by atoms with van der Waals surface area (Å²) in [5.74, 6) is 0.783. The summed E-state index contributed by atoms with van der Waals surface area (Å²) >= 11 is 0. The normalized spacial score (nSPS) is 18.7. The number of carbonyl (C=O) groups is 1. The number of nitrogens with one attached hydrogen (secondary N) is 1. The lowest BCUT2D eigenvalue weighted by Gasteiger charge is -2.34. The lowest BCUT2D eigenvalue weighted by molar-refractivity contribution is 0.207. The van der Waals surface area contributed by atoms with Gasteiger partial charge in [0.15, 0.2) is 0 Å². The third-order valence-corrected chi connectivity index (χ3v) is 3.86. The summed E-state index contributed by atoms with van der Waals surface area (Å²) < 4.78 is 5.47. The molecule has 1 aromatic rings. The highest BCUT2D eigenvalue weighted by atomic mass is 16.5. The molecule has 2 amide bonds. The van der Waals surface area contributed by atoms with Gasteiger partial charge >= 0.3 is 6.03 Å². The Morgan fingerprint density at radius 1 is 1.21 bits per heavy atom. The molecule has 2 aliphatic heterocycles. The van der Waals surface area contributed by atoms with Gasteiger partial charge in [0, 0.05) is 33.2 Å². The Hall–Kier alpha value is -1.75. The number of urea groups is 1. The van der Waals surface area contributed by atoms with Gasteiger partial charge in [-0.05, 0) is 29.7 Å². The second kappa shape index (κ2) is 4.74. The Kier molecular flexibility index (Phi) is 3.06. The maximum Gasteiger partial charge on any atom is 0.324 e. The number of hydrogen-bond donors (Lipinski definition) is 1. The van der Waals surface area contributed by atoms with E-state index in [4.69, 9.17) is 4.74 Å². The number of hydrogen-bond acceptors (Lipinski definition) is 3. The second-order valence-electron chi connectivity index (χ2n) is 5.11. The molecule has 0 atom stereocenters. The topological polar surface area (TPSA) is 44.8 Å². The van der Waals surface area contributed by atoms with Crippen molar-refractivity contribution in [3.8, 4) is 5.75 Å². The third kappa shape index (κ3) is 2.04. The van der Waals surface area contributed by atoms with Crippen LogP contribution in [0.5, 0.6) is 5.75 Å². The van der Waals surface area contributed by atoms with Crippen molar-refractivity contribution in [1.82, 2.24) is 10.2 Å². The van der Waals surface area contributed by atoms with Gasteiger partial charge in [-0.15, -0.1) is 0 Å². The molecule has 19 heavy (non-hydrogen) atoms. The van der Waals surface area contributed by atoms with Gasteiger partial charge in [0.1, 0.15) is 5.75 Å². The Labute approximate surface area is 113 Å². The van der Waals surface area contributed by atoms with Crippen LogP contribution in [-0.2, 0) is 13.1 Å². The summed E-state index contributed by atoms with van der Waals surface area (Å²) in [5.41, 5.74) is 3.41. The van der Waals surface area contributed by atoms with Gasteiger partial charge in [0.2, 0.25) is 0 Å². The van der Waals surface area contributed by atoms with Crippen LogP contribution in [0.3, 0.4) is 0 Å². The zero-order valence-corrected chi connectivity index (χ0v) is 11.4. The smallest absolute Gasteiger partial charge is 0.324 e. The summed E-state index contributed by atoms with van der Waals surface area (Å²) in [4.78, 5) is 15.9. The average molecular weight is 261 g/mol. The first kappa shape index (κ1) is 12.3. The molecule has 0 unspecified atom stereocenters. The molecule has 1 N–H and O–H groups in total. The molecule has 3 rings (SSSR count). The molecular formula is C14H19N3O2. The Morgan fingerprint density at radius 3 is 2.68 bits per heavy atom. The van der Waals surface area contributed by atoms with Crippen LogP contribution >= 0.6 is 0 Å². The van der Waals surface area contributed by atoms with Gasteiger partial charge in [-0.3, -0.25) is 4.90 Å². The molecule has 2 aliphatic rings. The number of methoxy groups -OCH3 is 1. The third-order valence-electron chi connectivity index (χ3n) is 3.86. The summed E-state index contributed by atoms with van der Waals surface area (Å²) in [7, 11) is 3.50. The summed E-state index contributed by atoms with van der Waals surface area (Å²) in [5, 5.41) is 3.32. The lowest BCUT2D eigenvalue weighted by Crippen LogP contribution is -2.47. The van der Waals surface area contributed by atoms with Gasteiger partial charge in [-0.25, -0.2) is 4.79 Å². The molecule has 1 saturated heterocycles. The SMILES string of the molecule is COc1cc2c(cc1N1CCCN(C)C1=O)CNC2. The van der Waals surface area contributed by atoms with Crippen LogP contribution < -0.4 is 15.0 Å². The number of rotatable bonds is 2. The summed E-state index contributed by atoms with van der Waals surface area (Å²) in [6.45, 7) is 3.32. The number of amides is 2. The number of nitrogens with zero attached hydrogens (tertiary/aromatic N) is 2. The maximum atomic E-state index is 12.3. The number of fused-ring (bicyclic) bond motifs is 1. The molecule has 5 heteroatoms. The number of ether oxygens (including phenoxy) is 1. The van der Waals surface area contributed by atoms with Crippen LogP contribution in [0.25, 0.3) is 0 Å². The highest BCUT2D eigenvalue weighted by molar-refractivity contribution is 5.94. The monoisotopic (exact) mass is 261 g/mol. The van der Waals surface area contributed by atoms with Gasteiger partial charge in [-0.1, -0.05) is 0 Å². The molecule has 1 fully saturated rings. The number of carbonyl (C=O) groups excluding carboxylic acids is 1. The predicted molar refractivity (Wildman–Crippen MR) is 73.5 cm³/mol. The molecule has 5 nitrogen and oxygen atoms in total. The zero-order chi connectivity index (χ0) is 13.4. The highest BCUT2D eigenvalue weighted by Gasteiger charge is 2.27. The van der Waals surface area contributed by atoms with E-state index in [1.165, 1.54) is 11.1 Å². The summed E-state index contributed by atoms with van der Waals surface area (Å²) in [6.07, 6.45) is 0.987. The van der Waals surface area contributed by atoms with Gasteiger partial charge < -0.3 is 15.0 Å². The van der Waals surface area contributed by atoms with E-state index in [-0.39, 0.29) is 6.03 Å². The van der Waals surface area contributed by atoms with Crippen LogP contribution in [0.4, 0.5) is 10.5 Å². The summed E-state index contributed by atoms with van der Waals surface area (Å²) in [6, 6.07) is 4.19. The molecule has 102 valence electrons.